The number of rotatable bonds is 1. The zero-order valence-electron chi connectivity index (χ0n) is 9.32. The van der Waals surface area contributed by atoms with Gasteiger partial charge in [0.15, 0.2) is 0 Å². The Hall–Kier alpha value is -1.05. The van der Waals surface area contributed by atoms with Gasteiger partial charge >= 0.3 is 0 Å². The largest absolute Gasteiger partial charge is 0.371 e. The van der Waals surface area contributed by atoms with E-state index in [9.17, 15) is 0 Å². The standard InChI is InChI=1S/C13H18N2/c1-10-7-13(5-6-14-10)15-8-11-3-2-4-12(11)9-15/h5-7,11-12H,2-4,8-9H2,1H3. The van der Waals surface area contributed by atoms with Crippen LogP contribution in [0.5, 0.6) is 0 Å². The first-order valence-corrected chi connectivity index (χ1v) is 6.00. The Morgan fingerprint density at radius 1 is 1.27 bits per heavy atom. The van der Waals surface area contributed by atoms with E-state index in [4.69, 9.17) is 0 Å². The van der Waals surface area contributed by atoms with Gasteiger partial charge in [0.25, 0.3) is 0 Å². The molecule has 0 spiro atoms. The van der Waals surface area contributed by atoms with Gasteiger partial charge in [0.05, 0.1) is 0 Å². The number of aryl methyl sites for hydroxylation is 1. The molecule has 80 valence electrons. The van der Waals surface area contributed by atoms with Crippen LogP contribution in [0.4, 0.5) is 5.69 Å². The lowest BCUT2D eigenvalue weighted by molar-refractivity contribution is 0.494. The van der Waals surface area contributed by atoms with E-state index in [2.05, 4.69) is 28.9 Å². The van der Waals surface area contributed by atoms with Crippen molar-refractivity contribution in [2.24, 2.45) is 11.8 Å². The minimum absolute atomic E-state index is 0.971. The van der Waals surface area contributed by atoms with E-state index in [1.165, 1.54) is 38.0 Å². The summed E-state index contributed by atoms with van der Waals surface area (Å²) in [4.78, 5) is 6.80. The zero-order valence-corrected chi connectivity index (χ0v) is 9.32. The van der Waals surface area contributed by atoms with Crippen LogP contribution in [0.15, 0.2) is 18.3 Å². The fraction of sp³-hybridized carbons (Fsp3) is 0.615. The fourth-order valence-electron chi connectivity index (χ4n) is 3.17. The predicted molar refractivity (Wildman–Crippen MR) is 62.0 cm³/mol. The summed E-state index contributed by atoms with van der Waals surface area (Å²) < 4.78 is 0. The molecule has 0 N–H and O–H groups in total. The summed E-state index contributed by atoms with van der Waals surface area (Å²) in [5.41, 5.74) is 2.50. The predicted octanol–water partition coefficient (Wildman–Crippen LogP) is 2.63. The Labute approximate surface area is 91.3 Å². The van der Waals surface area contributed by atoms with Gasteiger partial charge in [-0.2, -0.15) is 0 Å². The van der Waals surface area contributed by atoms with Gasteiger partial charge in [-0.25, -0.2) is 0 Å². The summed E-state index contributed by atoms with van der Waals surface area (Å²) in [6.45, 7) is 4.61. The molecule has 1 saturated carbocycles. The lowest BCUT2D eigenvalue weighted by Crippen LogP contribution is -2.20. The van der Waals surface area contributed by atoms with E-state index in [0.717, 1.165) is 17.5 Å². The first kappa shape index (κ1) is 9.20. The molecule has 2 atom stereocenters. The molecule has 2 heterocycles. The molecule has 2 heteroatoms. The summed E-state index contributed by atoms with van der Waals surface area (Å²) in [5, 5.41) is 0. The van der Waals surface area contributed by atoms with Crippen molar-refractivity contribution in [1.82, 2.24) is 4.98 Å². The summed E-state index contributed by atoms with van der Waals surface area (Å²) in [5.74, 6) is 1.94. The van der Waals surface area contributed by atoms with E-state index < -0.39 is 0 Å². The molecular weight excluding hydrogens is 184 g/mol. The highest BCUT2D eigenvalue weighted by molar-refractivity contribution is 5.47. The van der Waals surface area contributed by atoms with Gasteiger partial charge in [-0.15, -0.1) is 0 Å². The van der Waals surface area contributed by atoms with Crippen LogP contribution in [0.2, 0.25) is 0 Å². The zero-order chi connectivity index (χ0) is 10.3. The van der Waals surface area contributed by atoms with Crippen molar-refractivity contribution in [1.29, 1.82) is 0 Å². The van der Waals surface area contributed by atoms with Crippen LogP contribution in [0.25, 0.3) is 0 Å². The third-order valence-corrected chi connectivity index (χ3v) is 3.97. The van der Waals surface area contributed by atoms with Crippen LogP contribution in [-0.4, -0.2) is 18.1 Å². The maximum atomic E-state index is 4.26. The number of nitrogens with zero attached hydrogens (tertiary/aromatic N) is 2. The summed E-state index contributed by atoms with van der Waals surface area (Å²) >= 11 is 0. The number of pyridine rings is 1. The van der Waals surface area contributed by atoms with Crippen LogP contribution in [-0.2, 0) is 0 Å². The number of aromatic nitrogens is 1. The topological polar surface area (TPSA) is 16.1 Å². The van der Waals surface area contributed by atoms with E-state index in [1.807, 2.05) is 6.20 Å². The molecule has 0 aromatic carbocycles. The number of fused-ring (bicyclic) bond motifs is 1. The van der Waals surface area contributed by atoms with Gasteiger partial charge in [0.1, 0.15) is 0 Å². The molecule has 1 aromatic rings. The Bertz CT molecular complexity index is 349. The summed E-state index contributed by atoms with van der Waals surface area (Å²) in [7, 11) is 0. The summed E-state index contributed by atoms with van der Waals surface area (Å²) in [6.07, 6.45) is 6.29. The summed E-state index contributed by atoms with van der Waals surface area (Å²) in [6, 6.07) is 4.36. The third-order valence-electron chi connectivity index (χ3n) is 3.97. The molecule has 2 aliphatic rings. The molecule has 1 aliphatic heterocycles. The van der Waals surface area contributed by atoms with Gasteiger partial charge in [-0.1, -0.05) is 6.42 Å². The van der Waals surface area contributed by atoms with Gasteiger partial charge < -0.3 is 4.90 Å². The molecule has 0 bridgehead atoms. The molecule has 3 rings (SSSR count). The SMILES string of the molecule is Cc1cc(N2CC3CCCC3C2)ccn1. The Morgan fingerprint density at radius 3 is 2.67 bits per heavy atom. The average molecular weight is 202 g/mol. The van der Waals surface area contributed by atoms with E-state index in [0.29, 0.717) is 0 Å². The monoisotopic (exact) mass is 202 g/mol. The normalized spacial score (nSPS) is 29.5. The van der Waals surface area contributed by atoms with Gasteiger partial charge in [-0.05, 0) is 43.7 Å². The van der Waals surface area contributed by atoms with Crippen molar-refractivity contribution in [2.45, 2.75) is 26.2 Å². The fourth-order valence-corrected chi connectivity index (χ4v) is 3.17. The van der Waals surface area contributed by atoms with Gasteiger partial charge in [-0.3, -0.25) is 4.98 Å². The Kier molecular flexibility index (Phi) is 2.15. The third kappa shape index (κ3) is 1.62. The lowest BCUT2D eigenvalue weighted by atomic mass is 10.0. The highest BCUT2D eigenvalue weighted by atomic mass is 15.2. The molecule has 2 nitrogen and oxygen atoms in total. The van der Waals surface area contributed by atoms with Crippen LogP contribution in [0.1, 0.15) is 25.0 Å². The van der Waals surface area contributed by atoms with E-state index in [1.54, 1.807) is 0 Å². The lowest BCUT2D eigenvalue weighted by Gasteiger charge is -2.19. The van der Waals surface area contributed by atoms with E-state index in [-0.39, 0.29) is 0 Å². The molecule has 2 unspecified atom stereocenters. The van der Waals surface area contributed by atoms with Crippen molar-refractivity contribution in [3.63, 3.8) is 0 Å². The smallest absolute Gasteiger partial charge is 0.0399 e. The van der Waals surface area contributed by atoms with Crippen molar-refractivity contribution < 1.29 is 0 Å². The maximum absolute atomic E-state index is 4.26. The number of anilines is 1. The number of hydrogen-bond donors (Lipinski definition) is 0. The molecule has 2 fully saturated rings. The second kappa shape index (κ2) is 3.51. The Morgan fingerprint density at radius 2 is 2.00 bits per heavy atom. The molecule has 1 aromatic heterocycles. The van der Waals surface area contributed by atoms with Gasteiger partial charge in [0.2, 0.25) is 0 Å². The first-order valence-electron chi connectivity index (χ1n) is 6.00. The van der Waals surface area contributed by atoms with Crippen molar-refractivity contribution >= 4 is 5.69 Å². The Balaban J connectivity index is 1.79. The van der Waals surface area contributed by atoms with Crippen LogP contribution >= 0.6 is 0 Å². The molecule has 0 radical (unpaired) electrons. The maximum Gasteiger partial charge on any atom is 0.0399 e. The van der Waals surface area contributed by atoms with Crippen LogP contribution in [0.3, 0.4) is 0 Å². The second-order valence-corrected chi connectivity index (χ2v) is 5.01. The number of hydrogen-bond acceptors (Lipinski definition) is 2. The molecule has 1 aliphatic carbocycles. The molecule has 15 heavy (non-hydrogen) atoms. The van der Waals surface area contributed by atoms with Gasteiger partial charge in [0, 0.05) is 30.7 Å². The minimum Gasteiger partial charge on any atom is -0.371 e. The highest BCUT2D eigenvalue weighted by Crippen LogP contribution is 2.39. The highest BCUT2D eigenvalue weighted by Gasteiger charge is 2.35. The minimum atomic E-state index is 0.971. The van der Waals surface area contributed by atoms with Crippen molar-refractivity contribution in [2.75, 3.05) is 18.0 Å². The quantitative estimate of drug-likeness (QED) is 0.696. The van der Waals surface area contributed by atoms with Crippen molar-refractivity contribution in [3.8, 4) is 0 Å². The molecular formula is C13H18N2. The van der Waals surface area contributed by atoms with Crippen LogP contribution < -0.4 is 4.90 Å². The van der Waals surface area contributed by atoms with Crippen LogP contribution in [0, 0.1) is 18.8 Å². The second-order valence-electron chi connectivity index (χ2n) is 5.01. The van der Waals surface area contributed by atoms with E-state index >= 15 is 0 Å². The first-order chi connectivity index (χ1) is 7.33. The average Bonchev–Trinajstić information content (AvgIpc) is 2.76. The molecule has 1 saturated heterocycles. The molecule has 0 amide bonds. The van der Waals surface area contributed by atoms with Crippen molar-refractivity contribution in [3.05, 3.63) is 24.0 Å².